The SMILES string of the molecule is C[C@@H]1CN([C@@H](C)CO)S(=O)(=O)c2ccc(C#CC3CCCC3)cc2O[C@@H]1CN(C)S(C)(=O)=O. The van der Waals surface area contributed by atoms with E-state index in [-0.39, 0.29) is 36.3 Å². The highest BCUT2D eigenvalue weighted by Gasteiger charge is 2.38. The first kappa shape index (κ1) is 26.0. The predicted molar refractivity (Wildman–Crippen MR) is 127 cm³/mol. The smallest absolute Gasteiger partial charge is 0.247 e. The van der Waals surface area contributed by atoms with Crippen molar-refractivity contribution in [2.75, 3.05) is 33.0 Å². The standard InChI is InChI=1S/C23H34N2O6S2/c1-17-14-25(18(2)16-26)33(29,30)23-12-11-20(10-9-19-7-5-6-8-19)13-21(23)31-22(17)15-24(3)32(4,27)28/h11-13,17-19,22,26H,5-8,14-16H2,1-4H3/t17-,18+,22-/m1/s1. The van der Waals surface area contributed by atoms with Gasteiger partial charge in [0.05, 0.1) is 19.4 Å². The molecule has 1 aliphatic heterocycles. The largest absolute Gasteiger partial charge is 0.487 e. The van der Waals surface area contributed by atoms with Crippen LogP contribution in [0.25, 0.3) is 0 Å². The van der Waals surface area contributed by atoms with E-state index in [4.69, 9.17) is 4.74 Å². The Morgan fingerprint density at radius 2 is 1.97 bits per heavy atom. The first-order valence-corrected chi connectivity index (χ1v) is 14.6. The van der Waals surface area contributed by atoms with Gasteiger partial charge in [-0.05, 0) is 38.0 Å². The Kier molecular flexibility index (Phi) is 8.12. The minimum Gasteiger partial charge on any atom is -0.487 e. The Morgan fingerprint density at radius 3 is 2.58 bits per heavy atom. The quantitative estimate of drug-likeness (QED) is 0.622. The molecule has 0 bridgehead atoms. The number of nitrogens with zero attached hydrogens (tertiary/aromatic N) is 2. The Bertz CT molecular complexity index is 1120. The lowest BCUT2D eigenvalue weighted by molar-refractivity contribution is 0.0905. The second kappa shape index (κ2) is 10.3. The van der Waals surface area contributed by atoms with Crippen LogP contribution in [0, 0.1) is 23.7 Å². The number of aliphatic hydroxyl groups excluding tert-OH is 1. The second-order valence-electron chi connectivity index (χ2n) is 9.20. The van der Waals surface area contributed by atoms with Crippen LogP contribution >= 0.6 is 0 Å². The summed E-state index contributed by atoms with van der Waals surface area (Å²) in [5.41, 5.74) is 0.654. The van der Waals surface area contributed by atoms with Crippen molar-refractivity contribution in [3.8, 4) is 17.6 Å². The molecule has 2 aliphatic rings. The van der Waals surface area contributed by atoms with Crippen LogP contribution in [-0.4, -0.2) is 75.7 Å². The zero-order valence-corrected chi connectivity index (χ0v) is 21.3. The summed E-state index contributed by atoms with van der Waals surface area (Å²) in [6.45, 7) is 3.29. The molecule has 0 aromatic heterocycles. The van der Waals surface area contributed by atoms with Gasteiger partial charge in [-0.25, -0.2) is 21.1 Å². The van der Waals surface area contributed by atoms with E-state index in [0.717, 1.165) is 19.1 Å². The maximum atomic E-state index is 13.5. The summed E-state index contributed by atoms with van der Waals surface area (Å²) < 4.78 is 59.6. The molecule has 0 spiro atoms. The summed E-state index contributed by atoms with van der Waals surface area (Å²) in [6.07, 6.45) is 5.04. The van der Waals surface area contributed by atoms with Crippen LogP contribution < -0.4 is 4.74 Å². The third-order valence-corrected chi connectivity index (χ3v) is 9.75. The molecule has 3 atom stereocenters. The molecule has 1 aliphatic carbocycles. The average molecular weight is 499 g/mol. The van der Waals surface area contributed by atoms with E-state index in [1.165, 1.54) is 34.6 Å². The van der Waals surface area contributed by atoms with Crippen molar-refractivity contribution < 1.29 is 26.7 Å². The van der Waals surface area contributed by atoms with Crippen molar-refractivity contribution >= 4 is 20.0 Å². The number of benzene rings is 1. The lowest BCUT2D eigenvalue weighted by Crippen LogP contribution is -2.50. The Labute approximate surface area is 198 Å². The molecule has 1 aromatic carbocycles. The molecule has 1 N–H and O–H groups in total. The number of hydrogen-bond donors (Lipinski definition) is 1. The van der Waals surface area contributed by atoms with Crippen LogP contribution in [0.15, 0.2) is 23.1 Å². The minimum atomic E-state index is -3.95. The van der Waals surface area contributed by atoms with Gasteiger partial charge in [-0.15, -0.1) is 0 Å². The van der Waals surface area contributed by atoms with E-state index < -0.39 is 32.2 Å². The zero-order valence-electron chi connectivity index (χ0n) is 19.7. The molecule has 0 saturated heterocycles. The fourth-order valence-electron chi connectivity index (χ4n) is 4.17. The van der Waals surface area contributed by atoms with Gasteiger partial charge < -0.3 is 9.84 Å². The van der Waals surface area contributed by atoms with Crippen molar-refractivity contribution in [3.63, 3.8) is 0 Å². The van der Waals surface area contributed by atoms with Crippen molar-refractivity contribution in [1.29, 1.82) is 0 Å². The lowest BCUT2D eigenvalue weighted by Gasteiger charge is -2.37. The molecule has 1 aromatic rings. The molecular formula is C23H34N2O6S2. The van der Waals surface area contributed by atoms with Crippen molar-refractivity contribution in [1.82, 2.24) is 8.61 Å². The summed E-state index contributed by atoms with van der Waals surface area (Å²) in [5, 5.41) is 9.71. The summed E-state index contributed by atoms with van der Waals surface area (Å²) in [5.74, 6) is 6.60. The van der Waals surface area contributed by atoms with E-state index in [1.807, 2.05) is 6.92 Å². The fourth-order valence-corrected chi connectivity index (χ4v) is 6.41. The summed E-state index contributed by atoms with van der Waals surface area (Å²) in [6, 6.07) is 4.15. The van der Waals surface area contributed by atoms with E-state index >= 15 is 0 Å². The average Bonchev–Trinajstić information content (AvgIpc) is 3.27. The number of aliphatic hydroxyl groups is 1. The third-order valence-electron chi connectivity index (χ3n) is 6.45. The Balaban J connectivity index is 2.05. The predicted octanol–water partition coefficient (Wildman–Crippen LogP) is 1.89. The summed E-state index contributed by atoms with van der Waals surface area (Å²) >= 11 is 0. The van der Waals surface area contributed by atoms with Gasteiger partial charge in [0.15, 0.2) is 0 Å². The Hall–Kier alpha value is -1.64. The number of sulfonamides is 2. The lowest BCUT2D eigenvalue weighted by atomic mass is 10.0. The van der Waals surface area contributed by atoms with Gasteiger partial charge in [0.2, 0.25) is 20.0 Å². The number of ether oxygens (including phenoxy) is 1. The highest BCUT2D eigenvalue weighted by molar-refractivity contribution is 7.89. The van der Waals surface area contributed by atoms with Crippen molar-refractivity contribution in [2.45, 2.75) is 56.6 Å². The highest BCUT2D eigenvalue weighted by atomic mass is 32.2. The molecule has 33 heavy (non-hydrogen) atoms. The van der Waals surface area contributed by atoms with Crippen LogP contribution in [0.1, 0.15) is 45.1 Å². The fraction of sp³-hybridized carbons (Fsp3) is 0.652. The van der Waals surface area contributed by atoms with Crippen LogP contribution in [0.5, 0.6) is 5.75 Å². The van der Waals surface area contributed by atoms with Crippen LogP contribution in [-0.2, 0) is 20.0 Å². The number of likely N-dealkylation sites (N-methyl/N-ethyl adjacent to an activating group) is 1. The second-order valence-corrected chi connectivity index (χ2v) is 13.1. The Morgan fingerprint density at radius 1 is 1.30 bits per heavy atom. The van der Waals surface area contributed by atoms with E-state index in [1.54, 1.807) is 19.1 Å². The van der Waals surface area contributed by atoms with Crippen LogP contribution in [0.2, 0.25) is 0 Å². The van der Waals surface area contributed by atoms with Crippen molar-refractivity contribution in [3.05, 3.63) is 23.8 Å². The van der Waals surface area contributed by atoms with Gasteiger partial charge in [-0.2, -0.15) is 4.31 Å². The van der Waals surface area contributed by atoms with Gasteiger partial charge in [-0.3, -0.25) is 0 Å². The van der Waals surface area contributed by atoms with E-state index in [0.29, 0.717) is 11.5 Å². The normalized spacial score (nSPS) is 24.8. The molecular weight excluding hydrogens is 464 g/mol. The van der Waals surface area contributed by atoms with Gasteiger partial charge in [-0.1, -0.05) is 31.6 Å². The van der Waals surface area contributed by atoms with Gasteiger partial charge in [0, 0.05) is 37.0 Å². The third kappa shape index (κ3) is 6.08. The maximum Gasteiger partial charge on any atom is 0.247 e. The van der Waals surface area contributed by atoms with E-state index in [2.05, 4.69) is 11.8 Å². The van der Waals surface area contributed by atoms with Gasteiger partial charge in [0.25, 0.3) is 0 Å². The summed E-state index contributed by atoms with van der Waals surface area (Å²) in [7, 11) is -5.92. The molecule has 1 fully saturated rings. The molecule has 1 heterocycles. The maximum absolute atomic E-state index is 13.5. The first-order valence-electron chi connectivity index (χ1n) is 11.3. The number of rotatable bonds is 5. The summed E-state index contributed by atoms with van der Waals surface area (Å²) in [4.78, 5) is -0.00637. The van der Waals surface area contributed by atoms with Gasteiger partial charge >= 0.3 is 0 Å². The molecule has 1 saturated carbocycles. The minimum absolute atomic E-state index is 0.00637. The van der Waals surface area contributed by atoms with Crippen LogP contribution in [0.4, 0.5) is 0 Å². The number of fused-ring (bicyclic) bond motifs is 1. The topological polar surface area (TPSA) is 104 Å². The first-order chi connectivity index (χ1) is 15.4. The van der Waals surface area contributed by atoms with Crippen LogP contribution in [0.3, 0.4) is 0 Å². The molecule has 0 radical (unpaired) electrons. The van der Waals surface area contributed by atoms with Crippen molar-refractivity contribution in [2.24, 2.45) is 11.8 Å². The molecule has 0 amide bonds. The highest BCUT2D eigenvalue weighted by Crippen LogP contribution is 2.34. The monoisotopic (exact) mass is 498 g/mol. The molecule has 10 heteroatoms. The number of hydrogen-bond acceptors (Lipinski definition) is 6. The van der Waals surface area contributed by atoms with Gasteiger partial charge in [0.1, 0.15) is 16.7 Å². The zero-order chi connectivity index (χ0) is 24.4. The molecule has 3 rings (SSSR count). The van der Waals surface area contributed by atoms with E-state index in [9.17, 15) is 21.9 Å². The molecule has 0 unspecified atom stereocenters. The molecule has 8 nitrogen and oxygen atoms in total. The molecule has 184 valence electrons.